The molecule has 2 heteroatoms. The Morgan fingerprint density at radius 1 is 1.44 bits per heavy atom. The monoisotopic (exact) mass is 211 g/mol. The van der Waals surface area contributed by atoms with E-state index in [4.69, 9.17) is 5.26 Å². The van der Waals surface area contributed by atoms with Gasteiger partial charge in [0, 0.05) is 12.5 Å². The summed E-state index contributed by atoms with van der Waals surface area (Å²) in [7, 11) is 0. The maximum absolute atomic E-state index is 10.7. The summed E-state index contributed by atoms with van der Waals surface area (Å²) in [6.45, 7) is 2.02. The number of hydrogen-bond donors (Lipinski definition) is 0. The van der Waals surface area contributed by atoms with Gasteiger partial charge in [0.1, 0.15) is 6.29 Å². The summed E-state index contributed by atoms with van der Waals surface area (Å²) in [5, 5.41) is 8.75. The van der Waals surface area contributed by atoms with Crippen LogP contribution in [0, 0.1) is 18.3 Å². The number of aryl methyl sites for hydroxylation is 2. The van der Waals surface area contributed by atoms with Gasteiger partial charge in [-0.1, -0.05) is 12.1 Å². The number of fused-ring (bicyclic) bond motifs is 1. The van der Waals surface area contributed by atoms with Crippen LogP contribution in [0.5, 0.6) is 0 Å². The van der Waals surface area contributed by atoms with Crippen molar-refractivity contribution in [2.75, 3.05) is 0 Å². The van der Waals surface area contributed by atoms with E-state index in [0.717, 1.165) is 41.4 Å². The van der Waals surface area contributed by atoms with Crippen LogP contribution in [0.1, 0.15) is 28.7 Å². The van der Waals surface area contributed by atoms with Crippen LogP contribution in [-0.4, -0.2) is 6.29 Å². The molecule has 2 rings (SSSR count). The smallest absolute Gasteiger partial charge is 0.124 e. The molecule has 16 heavy (non-hydrogen) atoms. The minimum Gasteiger partial charge on any atom is -0.303 e. The Bertz CT molecular complexity index is 506. The van der Waals surface area contributed by atoms with Crippen LogP contribution in [0.25, 0.3) is 5.57 Å². The van der Waals surface area contributed by atoms with Crippen LogP contribution in [-0.2, 0) is 17.6 Å². The number of nitriles is 1. The molecule has 0 bridgehead atoms. The summed E-state index contributed by atoms with van der Waals surface area (Å²) in [6.07, 6.45) is 4.88. The van der Waals surface area contributed by atoms with Gasteiger partial charge >= 0.3 is 0 Å². The van der Waals surface area contributed by atoms with Gasteiger partial charge in [0.05, 0.1) is 6.07 Å². The fourth-order valence-electron chi connectivity index (χ4n) is 2.37. The normalized spacial score (nSPS) is 15.9. The van der Waals surface area contributed by atoms with Crippen molar-refractivity contribution in [2.45, 2.75) is 26.2 Å². The molecule has 2 nitrogen and oxygen atoms in total. The van der Waals surface area contributed by atoms with Crippen molar-refractivity contribution < 1.29 is 4.79 Å². The van der Waals surface area contributed by atoms with E-state index >= 15 is 0 Å². The van der Waals surface area contributed by atoms with Crippen LogP contribution in [0.4, 0.5) is 0 Å². The van der Waals surface area contributed by atoms with Gasteiger partial charge in [-0.2, -0.15) is 5.26 Å². The van der Waals surface area contributed by atoms with Crippen molar-refractivity contribution in [3.63, 3.8) is 0 Å². The third-order valence-corrected chi connectivity index (χ3v) is 3.14. The van der Waals surface area contributed by atoms with Gasteiger partial charge < -0.3 is 4.79 Å². The molecule has 1 aromatic carbocycles. The van der Waals surface area contributed by atoms with Gasteiger partial charge in [-0.25, -0.2) is 0 Å². The Balaban J connectivity index is 2.62. The largest absolute Gasteiger partial charge is 0.303 e. The number of rotatable bonds is 2. The molecule has 0 aliphatic heterocycles. The number of benzene rings is 1. The van der Waals surface area contributed by atoms with Gasteiger partial charge in [-0.05, 0) is 47.6 Å². The average molecular weight is 211 g/mol. The molecule has 0 radical (unpaired) electrons. The van der Waals surface area contributed by atoms with Gasteiger partial charge in [0.15, 0.2) is 0 Å². The number of carbonyl (C=O) groups is 1. The lowest BCUT2D eigenvalue weighted by molar-refractivity contribution is -0.107. The summed E-state index contributed by atoms with van der Waals surface area (Å²) in [5.41, 5.74) is 5.72. The van der Waals surface area contributed by atoms with Crippen LogP contribution in [0.3, 0.4) is 0 Å². The summed E-state index contributed by atoms with van der Waals surface area (Å²) in [6, 6.07) is 6.26. The summed E-state index contributed by atoms with van der Waals surface area (Å²) < 4.78 is 0. The molecule has 0 spiro atoms. The third-order valence-electron chi connectivity index (χ3n) is 3.14. The van der Waals surface area contributed by atoms with Gasteiger partial charge in [-0.15, -0.1) is 0 Å². The number of hydrogen-bond acceptors (Lipinski definition) is 2. The van der Waals surface area contributed by atoms with Crippen molar-refractivity contribution in [1.82, 2.24) is 0 Å². The summed E-state index contributed by atoms with van der Waals surface area (Å²) in [4.78, 5) is 10.7. The zero-order chi connectivity index (χ0) is 11.5. The zero-order valence-electron chi connectivity index (χ0n) is 9.29. The Labute approximate surface area is 95.2 Å². The number of aldehydes is 1. The van der Waals surface area contributed by atoms with E-state index in [1.165, 1.54) is 5.56 Å². The van der Waals surface area contributed by atoms with Crippen LogP contribution >= 0.6 is 0 Å². The second-order valence-electron chi connectivity index (χ2n) is 4.06. The molecular formula is C14H13NO. The van der Waals surface area contributed by atoms with Crippen molar-refractivity contribution >= 4 is 11.9 Å². The topological polar surface area (TPSA) is 40.9 Å². The molecule has 0 atom stereocenters. The molecule has 0 aromatic heterocycles. The fraction of sp³-hybridized carbons (Fsp3) is 0.286. The molecular weight excluding hydrogens is 198 g/mol. The molecule has 1 aromatic rings. The molecule has 1 aliphatic carbocycles. The molecule has 0 unspecified atom stereocenters. The summed E-state index contributed by atoms with van der Waals surface area (Å²) in [5.74, 6) is 0. The lowest BCUT2D eigenvalue weighted by atomic mass is 9.94. The van der Waals surface area contributed by atoms with Gasteiger partial charge in [0.25, 0.3) is 0 Å². The highest BCUT2D eigenvalue weighted by molar-refractivity contribution is 5.79. The highest BCUT2D eigenvalue weighted by Crippen LogP contribution is 2.36. The van der Waals surface area contributed by atoms with Gasteiger partial charge in [-0.3, -0.25) is 0 Å². The molecule has 0 saturated carbocycles. The predicted molar refractivity (Wildman–Crippen MR) is 62.9 cm³/mol. The number of allylic oxidation sites excluding steroid dienone is 2. The van der Waals surface area contributed by atoms with Gasteiger partial charge in [0.2, 0.25) is 0 Å². The molecule has 0 saturated heterocycles. The molecule has 0 heterocycles. The lowest BCUT2D eigenvalue weighted by Crippen LogP contribution is -1.97. The Morgan fingerprint density at radius 2 is 2.25 bits per heavy atom. The average Bonchev–Trinajstić information content (AvgIpc) is 2.67. The van der Waals surface area contributed by atoms with E-state index in [2.05, 4.69) is 18.2 Å². The van der Waals surface area contributed by atoms with Crippen molar-refractivity contribution in [3.8, 4) is 6.07 Å². The van der Waals surface area contributed by atoms with E-state index in [0.29, 0.717) is 6.42 Å². The van der Waals surface area contributed by atoms with Crippen LogP contribution in [0.15, 0.2) is 18.2 Å². The SMILES string of the molecule is Cc1ccc2c(c1CC=O)/C(=C/C#N)CC2. The Kier molecular flexibility index (Phi) is 2.87. The van der Waals surface area contributed by atoms with E-state index < -0.39 is 0 Å². The predicted octanol–water partition coefficient (Wildman–Crippen LogP) is 2.59. The highest BCUT2D eigenvalue weighted by atomic mass is 16.1. The number of carbonyl (C=O) groups excluding carboxylic acids is 1. The molecule has 1 aliphatic rings. The summed E-state index contributed by atoms with van der Waals surface area (Å²) >= 11 is 0. The maximum Gasteiger partial charge on any atom is 0.124 e. The van der Waals surface area contributed by atoms with Crippen LogP contribution < -0.4 is 0 Å². The van der Waals surface area contributed by atoms with E-state index in [1.54, 1.807) is 6.08 Å². The van der Waals surface area contributed by atoms with Crippen molar-refractivity contribution in [2.24, 2.45) is 0 Å². The van der Waals surface area contributed by atoms with Crippen LogP contribution in [0.2, 0.25) is 0 Å². The minimum atomic E-state index is 0.442. The zero-order valence-corrected chi connectivity index (χ0v) is 9.29. The first-order valence-corrected chi connectivity index (χ1v) is 5.42. The lowest BCUT2D eigenvalue weighted by Gasteiger charge is -2.10. The first kappa shape index (κ1) is 10.6. The van der Waals surface area contributed by atoms with Crippen molar-refractivity contribution in [1.29, 1.82) is 5.26 Å². The first-order chi connectivity index (χ1) is 7.77. The molecule has 0 fully saturated rings. The Hall–Kier alpha value is -1.88. The van der Waals surface area contributed by atoms with E-state index in [1.807, 2.05) is 6.92 Å². The minimum absolute atomic E-state index is 0.442. The standard InChI is InChI=1S/C14H13NO/c1-10-2-3-11-4-5-12(6-8-15)14(11)13(10)7-9-16/h2-3,6,9H,4-5,7H2,1H3/b12-6+. The Morgan fingerprint density at radius 3 is 2.94 bits per heavy atom. The second-order valence-corrected chi connectivity index (χ2v) is 4.06. The second kappa shape index (κ2) is 4.32. The fourth-order valence-corrected chi connectivity index (χ4v) is 2.37. The molecule has 0 N–H and O–H groups in total. The van der Waals surface area contributed by atoms with E-state index in [9.17, 15) is 4.79 Å². The third kappa shape index (κ3) is 1.65. The number of nitrogens with zero attached hydrogens (tertiary/aromatic N) is 1. The maximum atomic E-state index is 10.7. The molecule has 80 valence electrons. The first-order valence-electron chi connectivity index (χ1n) is 5.42. The highest BCUT2D eigenvalue weighted by Gasteiger charge is 2.20. The van der Waals surface area contributed by atoms with E-state index in [-0.39, 0.29) is 0 Å². The molecule has 0 amide bonds. The quantitative estimate of drug-likeness (QED) is 0.557. The van der Waals surface area contributed by atoms with Crippen molar-refractivity contribution in [3.05, 3.63) is 40.5 Å².